The number of benzene rings is 2. The molecule has 2 rings (SSSR count). The van der Waals surface area contributed by atoms with Crippen LogP contribution in [0.4, 0.5) is 0 Å². The van der Waals surface area contributed by atoms with E-state index in [9.17, 15) is 9.13 Å². The van der Waals surface area contributed by atoms with Crippen molar-refractivity contribution in [2.75, 3.05) is 7.11 Å². The third kappa shape index (κ3) is 5.74. The molecule has 2 aromatic rings. The van der Waals surface area contributed by atoms with Crippen LogP contribution in [-0.2, 0) is 9.13 Å². The fourth-order valence-electron chi connectivity index (χ4n) is 1.99. The summed E-state index contributed by atoms with van der Waals surface area (Å²) in [4.78, 5) is 36.0. The van der Waals surface area contributed by atoms with E-state index < -0.39 is 15.6 Å². The molecule has 0 amide bonds. The van der Waals surface area contributed by atoms with Crippen LogP contribution in [0.2, 0.25) is 0 Å². The number of aryl methyl sites for hydroxylation is 1. The first-order chi connectivity index (χ1) is 12.0. The molecule has 0 bridgehead atoms. The Morgan fingerprint density at radius 1 is 0.808 bits per heavy atom. The van der Waals surface area contributed by atoms with Gasteiger partial charge in [0.25, 0.3) is 0 Å². The van der Waals surface area contributed by atoms with Crippen molar-refractivity contribution in [1.82, 2.24) is 0 Å². The highest BCUT2D eigenvalue weighted by Gasteiger charge is 2.23. The van der Waals surface area contributed by atoms with Gasteiger partial charge in [-0.3, -0.25) is 19.6 Å². The summed E-state index contributed by atoms with van der Waals surface area (Å²) in [5.74, 6) is -0.688. The first-order valence-corrected chi connectivity index (χ1v) is 10.0. The summed E-state index contributed by atoms with van der Waals surface area (Å²) < 4.78 is 42.0. The predicted octanol–water partition coefficient (Wildman–Crippen LogP) is 2.74. The molecule has 0 spiro atoms. The van der Waals surface area contributed by atoms with Crippen LogP contribution in [0.25, 0.3) is 0 Å². The van der Waals surface area contributed by atoms with Gasteiger partial charge in [-0.2, -0.15) is 0 Å². The number of ether oxygens (including phenoxy) is 2. The molecule has 0 atom stereocenters. The molecular weight excluding hydrogens is 390 g/mol. The molecule has 0 heterocycles. The van der Waals surface area contributed by atoms with Crippen LogP contribution >= 0.6 is 15.6 Å². The van der Waals surface area contributed by atoms with E-state index in [0.29, 0.717) is 5.56 Å². The number of para-hydroxylation sites is 1. The van der Waals surface area contributed by atoms with Crippen LogP contribution in [-0.4, -0.2) is 26.7 Å². The van der Waals surface area contributed by atoms with E-state index in [0.717, 1.165) is 0 Å². The number of hydrogen-bond donors (Lipinski definition) is 4. The molecule has 2 aromatic carbocycles. The van der Waals surface area contributed by atoms with Crippen molar-refractivity contribution in [2.45, 2.75) is 6.92 Å². The highest BCUT2D eigenvalue weighted by molar-refractivity contribution is 7.47. The molecule has 0 unspecified atom stereocenters. The molecule has 0 saturated carbocycles. The fourth-order valence-corrected chi connectivity index (χ4v) is 2.79. The van der Waals surface area contributed by atoms with Gasteiger partial charge in [0.15, 0.2) is 23.0 Å². The second-order valence-electron chi connectivity index (χ2n) is 5.00. The van der Waals surface area contributed by atoms with E-state index in [1.54, 1.807) is 13.0 Å². The number of hydrogen-bond acceptors (Lipinski definition) is 6. The highest BCUT2D eigenvalue weighted by Crippen LogP contribution is 2.48. The topological polar surface area (TPSA) is 152 Å². The van der Waals surface area contributed by atoms with Crippen molar-refractivity contribution in [2.24, 2.45) is 0 Å². The molecule has 0 aromatic heterocycles. The summed E-state index contributed by atoms with van der Waals surface area (Å²) in [5, 5.41) is 0. The lowest BCUT2D eigenvalue weighted by Gasteiger charge is -2.17. The molecule has 26 heavy (non-hydrogen) atoms. The van der Waals surface area contributed by atoms with Crippen LogP contribution in [0, 0.1) is 6.92 Å². The van der Waals surface area contributed by atoms with E-state index in [1.807, 2.05) is 0 Å². The minimum absolute atomic E-state index is 0.0159. The van der Waals surface area contributed by atoms with E-state index in [-0.39, 0.29) is 28.7 Å². The molecule has 0 aliphatic carbocycles. The Bertz CT molecular complexity index is 885. The van der Waals surface area contributed by atoms with Crippen LogP contribution < -0.4 is 18.5 Å². The van der Waals surface area contributed by atoms with E-state index >= 15 is 0 Å². The quantitative estimate of drug-likeness (QED) is 0.505. The maximum absolute atomic E-state index is 11.1. The molecule has 0 saturated heterocycles. The zero-order valence-corrected chi connectivity index (χ0v) is 15.4. The van der Waals surface area contributed by atoms with E-state index in [2.05, 4.69) is 9.05 Å². The zero-order chi connectivity index (χ0) is 19.5. The van der Waals surface area contributed by atoms with Crippen molar-refractivity contribution < 1.29 is 47.2 Å². The Hall–Kier alpha value is -2.06. The maximum Gasteiger partial charge on any atom is 0.524 e. The van der Waals surface area contributed by atoms with Crippen molar-refractivity contribution in [3.05, 3.63) is 42.0 Å². The number of rotatable bonds is 7. The Balaban J connectivity index is 2.44. The molecule has 4 N–H and O–H groups in total. The van der Waals surface area contributed by atoms with Gasteiger partial charge in [-0.15, -0.1) is 0 Å². The van der Waals surface area contributed by atoms with E-state index in [1.165, 1.54) is 37.4 Å². The third-order valence-corrected chi connectivity index (χ3v) is 3.77. The molecule has 142 valence electrons. The summed E-state index contributed by atoms with van der Waals surface area (Å²) >= 11 is 0. The Morgan fingerprint density at radius 3 is 1.96 bits per heavy atom. The van der Waals surface area contributed by atoms with Crippen molar-refractivity contribution in [1.29, 1.82) is 0 Å². The number of phosphoric acid groups is 2. The summed E-state index contributed by atoms with van der Waals surface area (Å²) in [5.41, 5.74) is 0.659. The fraction of sp³-hybridized carbons (Fsp3) is 0.143. The molecule has 0 aliphatic rings. The van der Waals surface area contributed by atoms with Crippen LogP contribution in [0.15, 0.2) is 36.4 Å². The maximum atomic E-state index is 11.1. The standard InChI is InChI=1S/C14H16O10P2/c1-9-6-7-10(13(8-9)24-26(18,19)20)22-11-4-3-5-12(14(11)21-2)23-25(15,16)17/h3-8H,1-2H3,(H2,15,16,17)(H2,18,19,20). The average Bonchev–Trinajstić information content (AvgIpc) is 2.47. The van der Waals surface area contributed by atoms with Gasteiger partial charge in [-0.1, -0.05) is 12.1 Å². The first kappa shape index (κ1) is 20.3. The van der Waals surface area contributed by atoms with Crippen LogP contribution in [0.5, 0.6) is 28.7 Å². The van der Waals surface area contributed by atoms with Gasteiger partial charge in [0.05, 0.1) is 7.11 Å². The largest absolute Gasteiger partial charge is 0.524 e. The smallest absolute Gasteiger partial charge is 0.490 e. The Kier molecular flexibility index (Phi) is 5.98. The van der Waals surface area contributed by atoms with Crippen molar-refractivity contribution in [3.8, 4) is 28.7 Å². The van der Waals surface area contributed by atoms with Gasteiger partial charge in [0, 0.05) is 0 Å². The van der Waals surface area contributed by atoms with Gasteiger partial charge >= 0.3 is 15.6 Å². The molecule has 0 aliphatic heterocycles. The molecule has 12 heteroatoms. The van der Waals surface area contributed by atoms with Gasteiger partial charge in [-0.25, -0.2) is 9.13 Å². The lowest BCUT2D eigenvalue weighted by Crippen LogP contribution is -1.98. The number of phosphoric ester groups is 2. The Morgan fingerprint density at radius 2 is 1.38 bits per heavy atom. The summed E-state index contributed by atoms with van der Waals surface area (Å²) in [6, 6.07) is 8.44. The SMILES string of the molecule is COc1c(Oc2ccc(C)cc2OP(=O)(O)O)cccc1OP(=O)(O)O. The van der Waals surface area contributed by atoms with Gasteiger partial charge < -0.3 is 18.5 Å². The summed E-state index contributed by atoms with van der Waals surface area (Å²) in [7, 11) is -8.44. The summed E-state index contributed by atoms with van der Waals surface area (Å²) in [6.45, 7) is 1.69. The minimum Gasteiger partial charge on any atom is -0.490 e. The normalized spacial score (nSPS) is 11.8. The van der Waals surface area contributed by atoms with E-state index in [4.69, 9.17) is 29.0 Å². The number of methoxy groups -OCH3 is 1. The molecule has 10 nitrogen and oxygen atoms in total. The highest BCUT2D eigenvalue weighted by atomic mass is 31.2. The van der Waals surface area contributed by atoms with Crippen LogP contribution in [0.1, 0.15) is 5.56 Å². The second-order valence-corrected chi connectivity index (χ2v) is 7.33. The lowest BCUT2D eigenvalue weighted by atomic mass is 10.2. The molecule has 0 radical (unpaired) electrons. The first-order valence-electron chi connectivity index (χ1n) is 6.94. The molecule has 0 fully saturated rings. The molecular formula is C14H16O10P2. The van der Waals surface area contributed by atoms with Gasteiger partial charge in [-0.05, 0) is 36.8 Å². The minimum atomic E-state index is -4.84. The van der Waals surface area contributed by atoms with Gasteiger partial charge in [0.2, 0.25) is 5.75 Å². The summed E-state index contributed by atoms with van der Waals surface area (Å²) in [6.07, 6.45) is 0. The van der Waals surface area contributed by atoms with Gasteiger partial charge in [0.1, 0.15) is 0 Å². The monoisotopic (exact) mass is 406 g/mol. The van der Waals surface area contributed by atoms with Crippen molar-refractivity contribution >= 4 is 15.6 Å². The lowest BCUT2D eigenvalue weighted by molar-refractivity contribution is 0.270. The third-order valence-electron chi connectivity index (χ3n) is 2.90. The average molecular weight is 406 g/mol. The van der Waals surface area contributed by atoms with Crippen molar-refractivity contribution in [3.63, 3.8) is 0 Å². The predicted molar refractivity (Wildman–Crippen MR) is 89.6 cm³/mol. The zero-order valence-electron chi connectivity index (χ0n) is 13.6. The van der Waals surface area contributed by atoms with Crippen LogP contribution in [0.3, 0.4) is 0 Å². The Labute approximate surface area is 148 Å². The second kappa shape index (κ2) is 7.67.